The van der Waals surface area contributed by atoms with E-state index in [0.717, 1.165) is 71.8 Å². The van der Waals surface area contributed by atoms with E-state index in [0.29, 0.717) is 26.0 Å². The summed E-state index contributed by atoms with van der Waals surface area (Å²) >= 11 is 0. The van der Waals surface area contributed by atoms with Gasteiger partial charge in [-0.05, 0) is 86.3 Å². The molecule has 0 atom stereocenters. The minimum Gasteiger partial charge on any atom is -0.494 e. The van der Waals surface area contributed by atoms with Gasteiger partial charge in [-0.25, -0.2) is 4.98 Å². The van der Waals surface area contributed by atoms with Crippen molar-refractivity contribution >= 4 is 7.60 Å². The predicted octanol–water partition coefficient (Wildman–Crippen LogP) is 9.64. The van der Waals surface area contributed by atoms with Crippen molar-refractivity contribution in [3.63, 3.8) is 0 Å². The van der Waals surface area contributed by atoms with Crippen LogP contribution in [-0.4, -0.2) is 40.9 Å². The van der Waals surface area contributed by atoms with Crippen LogP contribution in [-0.2, 0) is 13.6 Å². The Balaban J connectivity index is 1.20. The molecule has 0 aliphatic rings. The predicted molar refractivity (Wildman–Crippen MR) is 174 cm³/mol. The van der Waals surface area contributed by atoms with E-state index in [1.807, 2.05) is 62.4 Å². The van der Waals surface area contributed by atoms with E-state index in [9.17, 15) is 4.57 Å². The third-order valence-electron chi connectivity index (χ3n) is 7.11. The van der Waals surface area contributed by atoms with Gasteiger partial charge in [0.1, 0.15) is 5.75 Å². The van der Waals surface area contributed by atoms with Gasteiger partial charge in [-0.3, -0.25) is 14.5 Å². The first-order valence-electron chi connectivity index (χ1n) is 15.6. The Morgan fingerprint density at radius 3 is 1.65 bits per heavy atom. The lowest BCUT2D eigenvalue weighted by molar-refractivity contribution is 0.219. The SMILES string of the molecule is CCOP(=O)(CCCCCCCCCCOc1ccc(-c2cc(-c3ccccn3)nc(-c3ccccn3)c2)cc1)OCC. The van der Waals surface area contributed by atoms with Gasteiger partial charge in [0, 0.05) is 12.4 Å². The quantitative estimate of drug-likeness (QED) is 0.0781. The summed E-state index contributed by atoms with van der Waals surface area (Å²) in [5, 5.41) is 0. The van der Waals surface area contributed by atoms with Crippen LogP contribution in [0.1, 0.15) is 65.2 Å². The molecule has 4 aromatic rings. The molecular formula is C35H44N3O4P. The number of pyridine rings is 3. The summed E-state index contributed by atoms with van der Waals surface area (Å²) in [5.74, 6) is 0.879. The van der Waals surface area contributed by atoms with Crippen molar-refractivity contribution in [3.8, 4) is 39.7 Å². The highest BCUT2D eigenvalue weighted by atomic mass is 31.2. The minimum atomic E-state index is -2.89. The summed E-state index contributed by atoms with van der Waals surface area (Å²) in [5.41, 5.74) is 5.42. The Morgan fingerprint density at radius 2 is 1.14 bits per heavy atom. The molecule has 228 valence electrons. The molecule has 0 spiro atoms. The van der Waals surface area contributed by atoms with Gasteiger partial charge in [0.05, 0.1) is 48.8 Å². The maximum Gasteiger partial charge on any atom is 0.330 e. The van der Waals surface area contributed by atoms with Gasteiger partial charge < -0.3 is 13.8 Å². The van der Waals surface area contributed by atoms with Crippen LogP contribution in [0.25, 0.3) is 33.9 Å². The number of hydrogen-bond donors (Lipinski definition) is 0. The zero-order valence-corrected chi connectivity index (χ0v) is 26.4. The van der Waals surface area contributed by atoms with E-state index in [1.165, 1.54) is 19.3 Å². The third-order valence-corrected chi connectivity index (χ3v) is 9.28. The lowest BCUT2D eigenvalue weighted by Crippen LogP contribution is -2.00. The maximum absolute atomic E-state index is 12.5. The van der Waals surface area contributed by atoms with Crippen molar-refractivity contribution in [3.05, 3.63) is 85.2 Å². The first-order chi connectivity index (χ1) is 21.1. The van der Waals surface area contributed by atoms with Gasteiger partial charge in [-0.2, -0.15) is 0 Å². The van der Waals surface area contributed by atoms with E-state index in [2.05, 4.69) is 34.2 Å². The molecule has 0 amide bonds. The second kappa shape index (κ2) is 17.7. The fraction of sp³-hybridized carbons (Fsp3) is 0.400. The van der Waals surface area contributed by atoms with Gasteiger partial charge in [0.15, 0.2) is 0 Å². The second-order valence-corrected chi connectivity index (χ2v) is 12.6. The zero-order valence-electron chi connectivity index (χ0n) is 25.5. The van der Waals surface area contributed by atoms with Crippen LogP contribution in [0.15, 0.2) is 85.2 Å². The fourth-order valence-corrected chi connectivity index (χ4v) is 6.68. The van der Waals surface area contributed by atoms with Gasteiger partial charge in [0.2, 0.25) is 0 Å². The number of unbranched alkanes of at least 4 members (excludes halogenated alkanes) is 7. The molecule has 0 aliphatic heterocycles. The van der Waals surface area contributed by atoms with E-state index < -0.39 is 7.60 Å². The molecule has 0 bridgehead atoms. The van der Waals surface area contributed by atoms with Crippen LogP contribution in [0.2, 0.25) is 0 Å². The molecule has 0 aliphatic carbocycles. The van der Waals surface area contributed by atoms with Crippen LogP contribution in [0.4, 0.5) is 0 Å². The van der Waals surface area contributed by atoms with Crippen molar-refractivity contribution in [2.75, 3.05) is 26.0 Å². The van der Waals surface area contributed by atoms with E-state index in [-0.39, 0.29) is 0 Å². The van der Waals surface area contributed by atoms with Crippen molar-refractivity contribution < 1.29 is 18.3 Å². The second-order valence-electron chi connectivity index (χ2n) is 10.4. The topological polar surface area (TPSA) is 83.4 Å². The van der Waals surface area contributed by atoms with Crippen LogP contribution in [0.3, 0.4) is 0 Å². The third kappa shape index (κ3) is 10.7. The van der Waals surface area contributed by atoms with Crippen LogP contribution >= 0.6 is 7.60 Å². The highest BCUT2D eigenvalue weighted by molar-refractivity contribution is 7.53. The van der Waals surface area contributed by atoms with E-state index in [4.69, 9.17) is 18.8 Å². The number of benzene rings is 1. The lowest BCUT2D eigenvalue weighted by atomic mass is 10.0. The average Bonchev–Trinajstić information content (AvgIpc) is 3.05. The molecule has 0 radical (unpaired) electrons. The molecule has 0 unspecified atom stereocenters. The molecule has 8 heteroatoms. The molecule has 0 saturated carbocycles. The van der Waals surface area contributed by atoms with Gasteiger partial charge in [0.25, 0.3) is 0 Å². The maximum atomic E-state index is 12.5. The Morgan fingerprint density at radius 1 is 0.605 bits per heavy atom. The lowest BCUT2D eigenvalue weighted by Gasteiger charge is -2.16. The summed E-state index contributed by atoms with van der Waals surface area (Å²) in [6, 6.07) is 24.1. The van der Waals surface area contributed by atoms with Crippen molar-refractivity contribution in [2.24, 2.45) is 0 Å². The highest BCUT2D eigenvalue weighted by Gasteiger charge is 2.22. The van der Waals surface area contributed by atoms with Crippen molar-refractivity contribution in [1.29, 1.82) is 0 Å². The molecule has 3 aromatic heterocycles. The van der Waals surface area contributed by atoms with Gasteiger partial charge >= 0.3 is 7.60 Å². The van der Waals surface area contributed by atoms with Gasteiger partial charge in [-0.1, -0.05) is 62.8 Å². The van der Waals surface area contributed by atoms with Gasteiger partial charge in [-0.15, -0.1) is 0 Å². The minimum absolute atomic E-state index is 0.431. The molecule has 3 heterocycles. The van der Waals surface area contributed by atoms with E-state index in [1.54, 1.807) is 12.4 Å². The average molecular weight is 602 g/mol. The number of ether oxygens (including phenoxy) is 1. The molecule has 7 nitrogen and oxygen atoms in total. The summed E-state index contributed by atoms with van der Waals surface area (Å²) < 4.78 is 29.3. The first-order valence-corrected chi connectivity index (χ1v) is 17.3. The molecule has 4 rings (SSSR count). The smallest absolute Gasteiger partial charge is 0.330 e. The monoisotopic (exact) mass is 601 g/mol. The molecule has 43 heavy (non-hydrogen) atoms. The Kier molecular flexibility index (Phi) is 13.4. The standard InChI is InChI=1S/C35H44N3O4P/c1-3-41-43(39,42-4-2)26-16-10-8-6-5-7-9-15-25-40-31-21-19-29(20-22-31)30-27-34(32-17-11-13-23-36-32)38-35(28-30)33-18-12-14-24-37-33/h11-14,17-24,27-28H,3-10,15-16,25-26H2,1-2H3. The summed E-state index contributed by atoms with van der Waals surface area (Å²) in [4.78, 5) is 13.9. The number of rotatable bonds is 19. The number of hydrogen-bond acceptors (Lipinski definition) is 7. The molecular weight excluding hydrogens is 557 g/mol. The van der Waals surface area contributed by atoms with E-state index >= 15 is 0 Å². The van der Waals surface area contributed by atoms with Crippen LogP contribution < -0.4 is 4.74 Å². The summed E-state index contributed by atoms with van der Waals surface area (Å²) in [7, 11) is -2.89. The Bertz CT molecular complexity index is 1330. The summed E-state index contributed by atoms with van der Waals surface area (Å²) in [6.07, 6.45) is 13.0. The first kappa shape index (κ1) is 32.5. The molecule has 0 saturated heterocycles. The fourth-order valence-electron chi connectivity index (χ4n) is 4.95. The van der Waals surface area contributed by atoms with Crippen LogP contribution in [0, 0.1) is 0 Å². The Hall–Kier alpha value is -3.38. The van der Waals surface area contributed by atoms with Crippen LogP contribution in [0.5, 0.6) is 5.75 Å². The zero-order chi connectivity index (χ0) is 30.2. The van der Waals surface area contributed by atoms with Crippen molar-refractivity contribution in [1.82, 2.24) is 15.0 Å². The highest BCUT2D eigenvalue weighted by Crippen LogP contribution is 2.48. The summed E-state index contributed by atoms with van der Waals surface area (Å²) in [6.45, 7) is 5.29. The number of aromatic nitrogens is 3. The largest absolute Gasteiger partial charge is 0.494 e. The molecule has 1 aromatic carbocycles. The molecule has 0 N–H and O–H groups in total. The number of nitrogens with zero attached hydrogens (tertiary/aromatic N) is 3. The Labute approximate surface area is 256 Å². The normalized spacial score (nSPS) is 11.5. The molecule has 0 fully saturated rings. The van der Waals surface area contributed by atoms with Crippen molar-refractivity contribution in [2.45, 2.75) is 65.2 Å².